The summed E-state index contributed by atoms with van der Waals surface area (Å²) in [5, 5.41) is 11.7. The summed E-state index contributed by atoms with van der Waals surface area (Å²) in [4.78, 5) is 25.3. The van der Waals surface area contributed by atoms with E-state index in [2.05, 4.69) is 5.32 Å². The van der Waals surface area contributed by atoms with Gasteiger partial charge < -0.3 is 5.32 Å². The van der Waals surface area contributed by atoms with Crippen LogP contribution in [0.25, 0.3) is 0 Å². The van der Waals surface area contributed by atoms with Gasteiger partial charge in [0.1, 0.15) is 5.82 Å². The van der Waals surface area contributed by atoms with Crippen molar-refractivity contribution in [3.05, 3.63) is 65.5 Å². The molecule has 0 radical (unpaired) electrons. The number of carbonyl (C=O) groups is 2. The van der Waals surface area contributed by atoms with Crippen molar-refractivity contribution in [1.29, 1.82) is 5.26 Å². The van der Waals surface area contributed by atoms with Crippen LogP contribution in [0.1, 0.15) is 24.0 Å². The number of benzene rings is 2. The van der Waals surface area contributed by atoms with Gasteiger partial charge in [-0.2, -0.15) is 5.26 Å². The van der Waals surface area contributed by atoms with Crippen molar-refractivity contribution >= 4 is 17.4 Å². The SMILES string of the molecule is Cc1cccc(C2(C(=O)C(C#N)C(=O)Nc3ccccc3F)CC2)c1. The van der Waals surface area contributed by atoms with E-state index in [0.717, 1.165) is 11.1 Å². The Kier molecular flexibility index (Phi) is 4.37. The van der Waals surface area contributed by atoms with Crippen LogP contribution in [0.2, 0.25) is 0 Å². The maximum absolute atomic E-state index is 13.7. The molecule has 0 saturated heterocycles. The third kappa shape index (κ3) is 3.16. The van der Waals surface area contributed by atoms with Gasteiger partial charge >= 0.3 is 0 Å². The number of ketones is 1. The number of nitrogens with zero attached hydrogens (tertiary/aromatic N) is 1. The van der Waals surface area contributed by atoms with Gasteiger partial charge in [0.25, 0.3) is 0 Å². The van der Waals surface area contributed by atoms with Gasteiger partial charge in [0.15, 0.2) is 11.7 Å². The molecule has 25 heavy (non-hydrogen) atoms. The van der Waals surface area contributed by atoms with Crippen LogP contribution in [0.5, 0.6) is 0 Å². The summed E-state index contributed by atoms with van der Waals surface area (Å²) in [7, 11) is 0. The number of carbonyl (C=O) groups excluding carboxylic acids is 2. The minimum absolute atomic E-state index is 0.0408. The minimum Gasteiger partial charge on any atom is -0.322 e. The van der Waals surface area contributed by atoms with Gasteiger partial charge in [-0.25, -0.2) is 4.39 Å². The van der Waals surface area contributed by atoms with Crippen LogP contribution in [0.15, 0.2) is 48.5 Å². The summed E-state index contributed by atoms with van der Waals surface area (Å²) in [5.41, 5.74) is 1.03. The summed E-state index contributed by atoms with van der Waals surface area (Å²) < 4.78 is 13.7. The number of hydrogen-bond acceptors (Lipinski definition) is 3. The monoisotopic (exact) mass is 336 g/mol. The van der Waals surface area contributed by atoms with Crippen LogP contribution < -0.4 is 5.32 Å². The summed E-state index contributed by atoms with van der Waals surface area (Å²) in [6.07, 6.45) is 1.22. The standard InChI is InChI=1S/C20H17FN2O2/c1-13-5-4-6-14(11-13)20(9-10-20)18(24)15(12-22)19(25)23-17-8-3-2-7-16(17)21/h2-8,11,15H,9-10H2,1H3,(H,23,25). The van der Waals surface area contributed by atoms with Crippen molar-refractivity contribution in [2.75, 3.05) is 5.32 Å². The second-order valence-electron chi connectivity index (χ2n) is 6.35. The Morgan fingerprint density at radius 3 is 2.52 bits per heavy atom. The number of halogens is 1. The van der Waals surface area contributed by atoms with Crippen molar-refractivity contribution in [1.82, 2.24) is 0 Å². The zero-order chi connectivity index (χ0) is 18.0. The van der Waals surface area contributed by atoms with Gasteiger partial charge in [-0.15, -0.1) is 0 Å². The normalized spacial score (nSPS) is 15.7. The first kappa shape index (κ1) is 16.8. The highest BCUT2D eigenvalue weighted by molar-refractivity contribution is 6.13. The maximum Gasteiger partial charge on any atom is 0.249 e. The lowest BCUT2D eigenvalue weighted by Gasteiger charge is -2.18. The third-order valence-corrected chi connectivity index (χ3v) is 4.58. The molecule has 1 N–H and O–H groups in total. The van der Waals surface area contributed by atoms with Gasteiger partial charge in [0.05, 0.1) is 17.2 Å². The molecule has 1 unspecified atom stereocenters. The van der Waals surface area contributed by atoms with E-state index in [4.69, 9.17) is 0 Å². The van der Waals surface area contributed by atoms with Gasteiger partial charge in [-0.05, 0) is 37.5 Å². The van der Waals surface area contributed by atoms with Crippen LogP contribution in [0.3, 0.4) is 0 Å². The van der Waals surface area contributed by atoms with Crippen molar-refractivity contribution in [3.8, 4) is 6.07 Å². The Bertz CT molecular complexity index is 881. The second-order valence-corrected chi connectivity index (χ2v) is 6.35. The van der Waals surface area contributed by atoms with E-state index in [0.29, 0.717) is 12.8 Å². The lowest BCUT2D eigenvalue weighted by Crippen LogP contribution is -2.36. The Morgan fingerprint density at radius 2 is 1.92 bits per heavy atom. The van der Waals surface area contributed by atoms with Crippen molar-refractivity contribution in [2.45, 2.75) is 25.2 Å². The Labute approximate surface area is 145 Å². The Morgan fingerprint density at radius 1 is 1.20 bits per heavy atom. The van der Waals surface area contributed by atoms with Crippen molar-refractivity contribution in [3.63, 3.8) is 0 Å². The molecule has 0 spiro atoms. The molecule has 0 heterocycles. The molecule has 0 bridgehead atoms. The number of hydrogen-bond donors (Lipinski definition) is 1. The van der Waals surface area contributed by atoms with E-state index in [1.807, 2.05) is 31.2 Å². The van der Waals surface area contributed by atoms with Crippen LogP contribution in [-0.4, -0.2) is 11.7 Å². The molecule has 1 aliphatic rings. The molecule has 0 aromatic heterocycles. The average Bonchev–Trinajstić information content (AvgIpc) is 3.39. The maximum atomic E-state index is 13.7. The van der Waals surface area contributed by atoms with E-state index in [9.17, 15) is 19.2 Å². The number of nitriles is 1. The first-order valence-corrected chi connectivity index (χ1v) is 8.04. The molecular weight excluding hydrogens is 319 g/mol. The zero-order valence-corrected chi connectivity index (χ0v) is 13.8. The summed E-state index contributed by atoms with van der Waals surface area (Å²) in [5.74, 6) is -3.30. The average molecular weight is 336 g/mol. The lowest BCUT2D eigenvalue weighted by molar-refractivity contribution is -0.130. The molecule has 2 aromatic carbocycles. The summed E-state index contributed by atoms with van der Waals surface area (Å²) in [6.45, 7) is 1.93. The topological polar surface area (TPSA) is 70.0 Å². The zero-order valence-electron chi connectivity index (χ0n) is 13.8. The summed E-state index contributed by atoms with van der Waals surface area (Å²) >= 11 is 0. The Balaban J connectivity index is 1.84. The van der Waals surface area contributed by atoms with Crippen molar-refractivity contribution < 1.29 is 14.0 Å². The second kappa shape index (κ2) is 6.48. The highest BCUT2D eigenvalue weighted by Crippen LogP contribution is 2.50. The van der Waals surface area contributed by atoms with E-state index < -0.39 is 28.8 Å². The van der Waals surface area contributed by atoms with Crippen LogP contribution >= 0.6 is 0 Å². The third-order valence-electron chi connectivity index (χ3n) is 4.58. The number of rotatable bonds is 5. The molecule has 1 aliphatic carbocycles. The lowest BCUT2D eigenvalue weighted by atomic mass is 9.84. The highest BCUT2D eigenvalue weighted by atomic mass is 19.1. The van der Waals surface area contributed by atoms with Gasteiger partial charge in [-0.3, -0.25) is 9.59 Å². The fourth-order valence-corrected chi connectivity index (χ4v) is 3.03. The molecule has 1 amide bonds. The molecule has 1 atom stereocenters. The molecule has 5 heteroatoms. The fourth-order valence-electron chi connectivity index (χ4n) is 3.03. The molecule has 2 aromatic rings. The molecule has 4 nitrogen and oxygen atoms in total. The highest BCUT2D eigenvalue weighted by Gasteiger charge is 2.54. The summed E-state index contributed by atoms with van der Waals surface area (Å²) in [6, 6.07) is 15.0. The quantitative estimate of drug-likeness (QED) is 0.850. The van der Waals surface area contributed by atoms with Crippen molar-refractivity contribution in [2.24, 2.45) is 5.92 Å². The fraction of sp³-hybridized carbons (Fsp3) is 0.250. The number of Topliss-reactive ketones (excluding diaryl/α,β-unsaturated/α-hetero) is 1. The number of para-hydroxylation sites is 1. The van der Waals surface area contributed by atoms with E-state index in [1.165, 1.54) is 18.2 Å². The molecule has 126 valence electrons. The van der Waals surface area contributed by atoms with Gasteiger partial charge in [-0.1, -0.05) is 42.0 Å². The van der Waals surface area contributed by atoms with E-state index in [-0.39, 0.29) is 5.69 Å². The predicted molar refractivity (Wildman–Crippen MR) is 91.2 cm³/mol. The number of amides is 1. The molecule has 1 fully saturated rings. The first-order chi connectivity index (χ1) is 12.0. The molecular formula is C20H17FN2O2. The number of anilines is 1. The number of nitrogens with one attached hydrogen (secondary N) is 1. The van der Waals surface area contributed by atoms with Crippen LogP contribution in [0.4, 0.5) is 10.1 Å². The predicted octanol–water partition coefficient (Wildman–Crippen LogP) is 3.51. The molecule has 0 aliphatic heterocycles. The van der Waals surface area contributed by atoms with Gasteiger partial charge in [0.2, 0.25) is 5.91 Å². The molecule has 1 saturated carbocycles. The number of aryl methyl sites for hydroxylation is 1. The van der Waals surface area contributed by atoms with Crippen LogP contribution in [-0.2, 0) is 15.0 Å². The Hall–Kier alpha value is -3.00. The first-order valence-electron chi connectivity index (χ1n) is 8.04. The minimum atomic E-state index is -1.47. The smallest absolute Gasteiger partial charge is 0.249 e. The van der Waals surface area contributed by atoms with E-state index >= 15 is 0 Å². The molecule has 3 rings (SSSR count). The largest absolute Gasteiger partial charge is 0.322 e. The van der Waals surface area contributed by atoms with E-state index in [1.54, 1.807) is 12.1 Å². The van der Waals surface area contributed by atoms with Gasteiger partial charge in [0, 0.05) is 0 Å². The van der Waals surface area contributed by atoms with Crippen LogP contribution in [0, 0.1) is 30.0 Å².